The Morgan fingerprint density at radius 2 is 1.52 bits per heavy atom. The Hall–Kier alpha value is -2.15. The van der Waals surface area contributed by atoms with Crippen molar-refractivity contribution < 1.29 is 4.79 Å². The number of carbonyl (C=O) groups is 1. The highest BCUT2D eigenvalue weighted by molar-refractivity contribution is 6.06. The fourth-order valence-corrected chi connectivity index (χ4v) is 3.38. The van der Waals surface area contributed by atoms with Crippen LogP contribution in [-0.4, -0.2) is 5.78 Å². The number of ketones is 1. The van der Waals surface area contributed by atoms with Gasteiger partial charge in [-0.2, -0.15) is 0 Å². The lowest BCUT2D eigenvalue weighted by atomic mass is 9.98. The molecular formula is C26H34O. The van der Waals surface area contributed by atoms with Crippen LogP contribution < -0.4 is 0 Å². The predicted octanol–water partition coefficient (Wildman–Crippen LogP) is 7.57. The van der Waals surface area contributed by atoms with Gasteiger partial charge in [-0.05, 0) is 42.5 Å². The fourth-order valence-electron chi connectivity index (χ4n) is 3.38. The van der Waals surface area contributed by atoms with Crippen molar-refractivity contribution in [3.63, 3.8) is 0 Å². The van der Waals surface area contributed by atoms with Crippen LogP contribution in [0.3, 0.4) is 0 Å². The van der Waals surface area contributed by atoms with Gasteiger partial charge in [-0.3, -0.25) is 4.79 Å². The second-order valence-electron chi connectivity index (χ2n) is 7.47. The SMILES string of the molecule is CCCCCCCCCCc1cc(C=CC(=O)c2ccccc2)ccc1C. The summed E-state index contributed by atoms with van der Waals surface area (Å²) in [5.41, 5.74) is 4.61. The van der Waals surface area contributed by atoms with Crippen LogP contribution in [0.4, 0.5) is 0 Å². The van der Waals surface area contributed by atoms with Gasteiger partial charge in [0, 0.05) is 5.56 Å². The van der Waals surface area contributed by atoms with Crippen LogP contribution in [0.15, 0.2) is 54.6 Å². The van der Waals surface area contributed by atoms with Crippen molar-refractivity contribution in [1.82, 2.24) is 0 Å². The van der Waals surface area contributed by atoms with E-state index in [1.807, 2.05) is 36.4 Å². The first-order chi connectivity index (χ1) is 13.2. The molecule has 0 fully saturated rings. The first-order valence-corrected chi connectivity index (χ1v) is 10.6. The molecule has 2 aromatic carbocycles. The Bertz CT molecular complexity index is 712. The van der Waals surface area contributed by atoms with Gasteiger partial charge < -0.3 is 0 Å². The largest absolute Gasteiger partial charge is 0.289 e. The van der Waals surface area contributed by atoms with Crippen molar-refractivity contribution in [2.75, 3.05) is 0 Å². The van der Waals surface area contributed by atoms with Crippen LogP contribution in [0.2, 0.25) is 0 Å². The maximum absolute atomic E-state index is 12.2. The summed E-state index contributed by atoms with van der Waals surface area (Å²) < 4.78 is 0. The van der Waals surface area contributed by atoms with Crippen LogP contribution in [0, 0.1) is 6.92 Å². The van der Waals surface area contributed by atoms with E-state index in [2.05, 4.69) is 32.0 Å². The molecule has 0 aliphatic rings. The Labute approximate surface area is 165 Å². The summed E-state index contributed by atoms with van der Waals surface area (Å²) in [6.07, 6.45) is 15.5. The highest BCUT2D eigenvalue weighted by Gasteiger charge is 2.02. The van der Waals surface area contributed by atoms with E-state index in [1.165, 1.54) is 62.5 Å². The molecule has 0 heterocycles. The fraction of sp³-hybridized carbons (Fsp3) is 0.423. The van der Waals surface area contributed by atoms with Crippen LogP contribution >= 0.6 is 0 Å². The summed E-state index contributed by atoms with van der Waals surface area (Å²) >= 11 is 0. The normalized spacial score (nSPS) is 11.2. The lowest BCUT2D eigenvalue weighted by Crippen LogP contribution is -1.94. The van der Waals surface area contributed by atoms with E-state index in [0.717, 1.165) is 17.5 Å². The Morgan fingerprint density at radius 1 is 0.852 bits per heavy atom. The molecule has 0 saturated carbocycles. The number of hydrogen-bond acceptors (Lipinski definition) is 1. The molecule has 0 saturated heterocycles. The molecule has 2 aromatic rings. The van der Waals surface area contributed by atoms with Crippen molar-refractivity contribution in [2.24, 2.45) is 0 Å². The van der Waals surface area contributed by atoms with Crippen molar-refractivity contribution in [3.8, 4) is 0 Å². The number of rotatable bonds is 12. The molecular weight excluding hydrogens is 328 g/mol. The number of hydrogen-bond donors (Lipinski definition) is 0. The van der Waals surface area contributed by atoms with E-state index in [4.69, 9.17) is 0 Å². The lowest BCUT2D eigenvalue weighted by molar-refractivity contribution is 0.104. The molecule has 0 bridgehead atoms. The summed E-state index contributed by atoms with van der Waals surface area (Å²) in [6, 6.07) is 16.0. The maximum Gasteiger partial charge on any atom is 0.185 e. The Kier molecular flexibility index (Phi) is 9.62. The molecule has 0 atom stereocenters. The smallest absolute Gasteiger partial charge is 0.185 e. The van der Waals surface area contributed by atoms with E-state index in [9.17, 15) is 4.79 Å². The zero-order valence-electron chi connectivity index (χ0n) is 17.0. The van der Waals surface area contributed by atoms with E-state index in [0.29, 0.717) is 0 Å². The number of aryl methyl sites for hydroxylation is 2. The van der Waals surface area contributed by atoms with Crippen LogP contribution in [0.1, 0.15) is 85.3 Å². The minimum absolute atomic E-state index is 0.0563. The summed E-state index contributed by atoms with van der Waals surface area (Å²) in [4.78, 5) is 12.2. The van der Waals surface area contributed by atoms with Gasteiger partial charge in [0.25, 0.3) is 0 Å². The molecule has 144 valence electrons. The summed E-state index contributed by atoms with van der Waals surface area (Å²) in [5.74, 6) is 0.0563. The van der Waals surface area contributed by atoms with E-state index in [1.54, 1.807) is 6.08 Å². The van der Waals surface area contributed by atoms with E-state index in [-0.39, 0.29) is 5.78 Å². The monoisotopic (exact) mass is 362 g/mol. The zero-order chi connectivity index (χ0) is 19.3. The topological polar surface area (TPSA) is 17.1 Å². The molecule has 1 nitrogen and oxygen atoms in total. The van der Waals surface area contributed by atoms with Crippen molar-refractivity contribution >= 4 is 11.9 Å². The molecule has 2 rings (SSSR count). The molecule has 1 heteroatoms. The second-order valence-corrected chi connectivity index (χ2v) is 7.47. The van der Waals surface area contributed by atoms with Crippen LogP contribution in [0.25, 0.3) is 6.08 Å². The second kappa shape index (κ2) is 12.3. The molecule has 0 spiro atoms. The minimum Gasteiger partial charge on any atom is -0.289 e. The molecule has 27 heavy (non-hydrogen) atoms. The van der Waals surface area contributed by atoms with E-state index < -0.39 is 0 Å². The number of carbonyl (C=O) groups excluding carboxylic acids is 1. The third-order valence-electron chi connectivity index (χ3n) is 5.16. The maximum atomic E-state index is 12.2. The number of unbranched alkanes of at least 4 members (excludes halogenated alkanes) is 7. The predicted molar refractivity (Wildman–Crippen MR) is 117 cm³/mol. The molecule has 0 unspecified atom stereocenters. The van der Waals surface area contributed by atoms with Gasteiger partial charge in [-0.15, -0.1) is 0 Å². The third kappa shape index (κ3) is 7.95. The van der Waals surface area contributed by atoms with E-state index >= 15 is 0 Å². The average molecular weight is 363 g/mol. The standard InChI is InChI=1S/C26H34O/c1-3-4-5-6-7-8-9-11-16-25-21-23(18-17-22(25)2)19-20-26(27)24-14-12-10-13-15-24/h10,12-15,17-21H,3-9,11,16H2,1-2H3. The van der Waals surface area contributed by atoms with Gasteiger partial charge in [0.15, 0.2) is 5.78 Å². The highest BCUT2D eigenvalue weighted by atomic mass is 16.1. The summed E-state index contributed by atoms with van der Waals surface area (Å²) in [6.45, 7) is 4.45. The highest BCUT2D eigenvalue weighted by Crippen LogP contribution is 2.17. The molecule has 0 aliphatic heterocycles. The zero-order valence-corrected chi connectivity index (χ0v) is 17.0. The van der Waals surface area contributed by atoms with Crippen molar-refractivity contribution in [3.05, 3.63) is 76.9 Å². The quantitative estimate of drug-likeness (QED) is 0.216. The van der Waals surface area contributed by atoms with Gasteiger partial charge in [0.05, 0.1) is 0 Å². The lowest BCUT2D eigenvalue weighted by Gasteiger charge is -2.07. The van der Waals surface area contributed by atoms with Gasteiger partial charge >= 0.3 is 0 Å². The molecule has 0 N–H and O–H groups in total. The van der Waals surface area contributed by atoms with Crippen LogP contribution in [0.5, 0.6) is 0 Å². The van der Waals surface area contributed by atoms with Gasteiger partial charge in [0.2, 0.25) is 0 Å². The van der Waals surface area contributed by atoms with Crippen molar-refractivity contribution in [2.45, 2.75) is 71.6 Å². The third-order valence-corrected chi connectivity index (χ3v) is 5.16. The molecule has 0 amide bonds. The van der Waals surface area contributed by atoms with Gasteiger partial charge in [-0.1, -0.05) is 106 Å². The number of benzene rings is 2. The molecule has 0 aromatic heterocycles. The minimum atomic E-state index is 0.0563. The first kappa shape index (κ1) is 21.2. The molecule has 0 radical (unpaired) electrons. The first-order valence-electron chi connectivity index (χ1n) is 10.6. The molecule has 0 aliphatic carbocycles. The van der Waals surface area contributed by atoms with Crippen LogP contribution in [-0.2, 0) is 6.42 Å². The Morgan fingerprint density at radius 3 is 2.22 bits per heavy atom. The van der Waals surface area contributed by atoms with Gasteiger partial charge in [0.1, 0.15) is 0 Å². The average Bonchev–Trinajstić information content (AvgIpc) is 2.70. The number of allylic oxidation sites excluding steroid dienone is 1. The van der Waals surface area contributed by atoms with Gasteiger partial charge in [-0.25, -0.2) is 0 Å². The van der Waals surface area contributed by atoms with Crippen molar-refractivity contribution in [1.29, 1.82) is 0 Å². The Balaban J connectivity index is 1.81. The summed E-state index contributed by atoms with van der Waals surface area (Å²) in [5, 5.41) is 0. The summed E-state index contributed by atoms with van der Waals surface area (Å²) in [7, 11) is 0.